The van der Waals surface area contributed by atoms with Crippen LogP contribution in [-0.4, -0.2) is 21.3 Å². The first-order chi connectivity index (χ1) is 6.20. The van der Waals surface area contributed by atoms with Crippen molar-refractivity contribution in [2.24, 2.45) is 7.05 Å². The lowest BCUT2D eigenvalue weighted by Gasteiger charge is -2.11. The van der Waals surface area contributed by atoms with Gasteiger partial charge in [-0.2, -0.15) is 16.9 Å². The zero-order valence-corrected chi connectivity index (χ0v) is 8.65. The van der Waals surface area contributed by atoms with Crippen LogP contribution in [0, 0.1) is 0 Å². The molecule has 70 valence electrons. The molecule has 2 rings (SSSR count). The molecule has 0 atom stereocenters. The molecule has 1 aromatic heterocycles. The second-order valence-electron chi connectivity index (χ2n) is 3.26. The number of hydrogen-bond donors (Lipinski definition) is 0. The summed E-state index contributed by atoms with van der Waals surface area (Å²) in [5.74, 6) is 2.17. The van der Waals surface area contributed by atoms with Gasteiger partial charge >= 0.3 is 0 Å². The molecule has 4 heteroatoms. The van der Waals surface area contributed by atoms with Gasteiger partial charge in [-0.15, -0.1) is 0 Å². The van der Waals surface area contributed by atoms with E-state index in [4.69, 9.17) is 0 Å². The average Bonchev–Trinajstić information content (AvgIpc) is 2.45. The summed E-state index contributed by atoms with van der Waals surface area (Å²) in [5, 5.41) is 4.25. The Kier molecular flexibility index (Phi) is 2.15. The summed E-state index contributed by atoms with van der Waals surface area (Å²) in [6, 6.07) is 0. The van der Waals surface area contributed by atoms with Gasteiger partial charge in [0.1, 0.15) is 5.69 Å². The van der Waals surface area contributed by atoms with Crippen molar-refractivity contribution in [2.45, 2.75) is 19.1 Å². The smallest absolute Gasteiger partial charge is 0.180 e. The molecular weight excluding hydrogens is 184 g/mol. The summed E-state index contributed by atoms with van der Waals surface area (Å²) in [6.45, 7) is 1.59. The Balaban J connectivity index is 2.53. The lowest BCUT2D eigenvalue weighted by atomic mass is 10.1. The van der Waals surface area contributed by atoms with E-state index in [-0.39, 0.29) is 5.78 Å². The van der Waals surface area contributed by atoms with Gasteiger partial charge < -0.3 is 0 Å². The Hall–Kier alpha value is -0.770. The van der Waals surface area contributed by atoms with Crippen molar-refractivity contribution >= 4 is 17.5 Å². The van der Waals surface area contributed by atoms with E-state index in [1.165, 1.54) is 5.69 Å². The van der Waals surface area contributed by atoms with E-state index in [0.29, 0.717) is 5.69 Å². The van der Waals surface area contributed by atoms with Crippen LogP contribution in [-0.2, 0) is 19.2 Å². The van der Waals surface area contributed by atoms with Gasteiger partial charge in [-0.25, -0.2) is 0 Å². The molecule has 0 unspecified atom stereocenters. The maximum atomic E-state index is 11.2. The molecule has 0 saturated heterocycles. The zero-order chi connectivity index (χ0) is 9.42. The van der Waals surface area contributed by atoms with Crippen molar-refractivity contribution in [3.63, 3.8) is 0 Å². The highest BCUT2D eigenvalue weighted by atomic mass is 32.2. The van der Waals surface area contributed by atoms with Crippen molar-refractivity contribution < 1.29 is 4.79 Å². The fourth-order valence-electron chi connectivity index (χ4n) is 1.69. The molecule has 0 N–H and O–H groups in total. The zero-order valence-electron chi connectivity index (χ0n) is 7.83. The SMILES string of the molecule is CC(=O)c1nn(C)c2c1CSCC2. The van der Waals surface area contributed by atoms with Gasteiger partial charge in [-0.1, -0.05) is 0 Å². The normalized spacial score (nSPS) is 15.5. The first kappa shape index (κ1) is 8.81. The molecule has 1 aromatic rings. The van der Waals surface area contributed by atoms with E-state index >= 15 is 0 Å². The van der Waals surface area contributed by atoms with Crippen LogP contribution >= 0.6 is 11.8 Å². The molecule has 0 saturated carbocycles. The first-order valence-corrected chi connectivity index (χ1v) is 5.49. The minimum atomic E-state index is 0.0827. The second kappa shape index (κ2) is 3.18. The second-order valence-corrected chi connectivity index (χ2v) is 4.36. The highest BCUT2D eigenvalue weighted by molar-refractivity contribution is 7.98. The summed E-state index contributed by atoms with van der Waals surface area (Å²) < 4.78 is 1.85. The predicted molar refractivity (Wildman–Crippen MR) is 53.1 cm³/mol. The third kappa shape index (κ3) is 1.39. The van der Waals surface area contributed by atoms with Crippen LogP contribution in [0.5, 0.6) is 0 Å². The summed E-state index contributed by atoms with van der Waals surface area (Å²) >= 11 is 1.88. The molecule has 1 aliphatic heterocycles. The number of hydrogen-bond acceptors (Lipinski definition) is 3. The number of aromatic nitrogens is 2. The van der Waals surface area contributed by atoms with Crippen molar-refractivity contribution in [2.75, 3.05) is 5.75 Å². The Bertz CT molecular complexity index is 357. The van der Waals surface area contributed by atoms with Gasteiger partial charge in [0, 0.05) is 31.0 Å². The molecule has 3 nitrogen and oxygen atoms in total. The van der Waals surface area contributed by atoms with E-state index in [9.17, 15) is 4.79 Å². The van der Waals surface area contributed by atoms with Crippen LogP contribution in [0.4, 0.5) is 0 Å². The minimum absolute atomic E-state index is 0.0827. The number of aryl methyl sites for hydroxylation is 1. The lowest BCUT2D eigenvalue weighted by Crippen LogP contribution is -2.06. The van der Waals surface area contributed by atoms with E-state index in [2.05, 4.69) is 5.10 Å². The van der Waals surface area contributed by atoms with E-state index in [1.54, 1.807) is 6.92 Å². The quantitative estimate of drug-likeness (QED) is 0.637. The third-order valence-corrected chi connectivity index (χ3v) is 3.32. The molecule has 13 heavy (non-hydrogen) atoms. The Morgan fingerprint density at radius 2 is 2.38 bits per heavy atom. The van der Waals surface area contributed by atoms with Gasteiger partial charge in [-0.3, -0.25) is 9.48 Å². The molecular formula is C9H12N2OS. The number of ketones is 1. The fourth-order valence-corrected chi connectivity index (χ4v) is 2.68. The van der Waals surface area contributed by atoms with Crippen LogP contribution in [0.15, 0.2) is 0 Å². The van der Waals surface area contributed by atoms with Gasteiger partial charge in [0.25, 0.3) is 0 Å². The predicted octanol–water partition coefficient (Wildman–Crippen LogP) is 1.41. The van der Waals surface area contributed by atoms with Crippen LogP contribution in [0.1, 0.15) is 28.7 Å². The molecule has 0 amide bonds. The van der Waals surface area contributed by atoms with Gasteiger partial charge in [0.15, 0.2) is 5.78 Å². The van der Waals surface area contributed by atoms with Crippen LogP contribution in [0.3, 0.4) is 0 Å². The number of thioether (sulfide) groups is 1. The Morgan fingerprint density at radius 3 is 3.08 bits per heavy atom. The molecule has 0 aliphatic carbocycles. The number of carbonyl (C=O) groups is 1. The highest BCUT2D eigenvalue weighted by Gasteiger charge is 2.21. The Morgan fingerprint density at radius 1 is 1.62 bits per heavy atom. The summed E-state index contributed by atoms with van der Waals surface area (Å²) in [7, 11) is 1.92. The molecule has 0 bridgehead atoms. The number of carbonyl (C=O) groups excluding carboxylic acids is 1. The summed E-state index contributed by atoms with van der Waals surface area (Å²) in [5.41, 5.74) is 3.07. The molecule has 0 radical (unpaired) electrons. The average molecular weight is 196 g/mol. The monoisotopic (exact) mass is 196 g/mol. The molecule has 0 spiro atoms. The topological polar surface area (TPSA) is 34.9 Å². The molecule has 1 aliphatic rings. The molecule has 2 heterocycles. The number of fused-ring (bicyclic) bond motifs is 1. The third-order valence-electron chi connectivity index (χ3n) is 2.34. The van der Waals surface area contributed by atoms with E-state index < -0.39 is 0 Å². The van der Waals surface area contributed by atoms with E-state index in [1.807, 2.05) is 23.5 Å². The van der Waals surface area contributed by atoms with Gasteiger partial charge in [-0.05, 0) is 12.2 Å². The summed E-state index contributed by atoms with van der Waals surface area (Å²) in [4.78, 5) is 11.2. The van der Waals surface area contributed by atoms with Crippen molar-refractivity contribution in [1.29, 1.82) is 0 Å². The maximum Gasteiger partial charge on any atom is 0.180 e. The standard InChI is InChI=1S/C9H12N2OS/c1-6(12)9-7-5-13-4-3-8(7)11(2)10-9/h3-5H2,1-2H3. The fraction of sp³-hybridized carbons (Fsp3) is 0.556. The lowest BCUT2D eigenvalue weighted by molar-refractivity contribution is 0.101. The van der Waals surface area contributed by atoms with Crippen molar-refractivity contribution in [3.8, 4) is 0 Å². The number of rotatable bonds is 1. The molecule has 0 aromatic carbocycles. The largest absolute Gasteiger partial charge is 0.293 e. The number of Topliss-reactive ketones (excluding diaryl/α,β-unsaturated/α-hetero) is 1. The van der Waals surface area contributed by atoms with E-state index in [0.717, 1.165) is 23.5 Å². The maximum absolute atomic E-state index is 11.2. The van der Waals surface area contributed by atoms with Crippen molar-refractivity contribution in [3.05, 3.63) is 17.0 Å². The Labute approximate surface area is 81.5 Å². The van der Waals surface area contributed by atoms with Crippen molar-refractivity contribution in [1.82, 2.24) is 9.78 Å². The highest BCUT2D eigenvalue weighted by Crippen LogP contribution is 2.26. The molecule has 0 fully saturated rings. The number of nitrogens with zero attached hydrogens (tertiary/aromatic N) is 2. The minimum Gasteiger partial charge on any atom is -0.293 e. The summed E-state index contributed by atoms with van der Waals surface area (Å²) in [6.07, 6.45) is 1.04. The van der Waals surface area contributed by atoms with Gasteiger partial charge in [0.2, 0.25) is 0 Å². The van der Waals surface area contributed by atoms with Crippen LogP contribution in [0.2, 0.25) is 0 Å². The van der Waals surface area contributed by atoms with Gasteiger partial charge in [0.05, 0.1) is 0 Å². The van der Waals surface area contributed by atoms with Crippen LogP contribution in [0.25, 0.3) is 0 Å². The first-order valence-electron chi connectivity index (χ1n) is 4.33. The van der Waals surface area contributed by atoms with Crippen LogP contribution < -0.4 is 0 Å².